The van der Waals surface area contributed by atoms with Crippen LogP contribution in [0.15, 0.2) is 42.5 Å². The number of aryl methyl sites for hydroxylation is 1. The van der Waals surface area contributed by atoms with Gasteiger partial charge in [-0.1, -0.05) is 18.2 Å². The quantitative estimate of drug-likeness (QED) is 0.868. The third kappa shape index (κ3) is 3.20. The Morgan fingerprint density at radius 1 is 1.08 bits per heavy atom. The van der Waals surface area contributed by atoms with Crippen LogP contribution >= 0.6 is 0 Å². The van der Waals surface area contributed by atoms with Crippen LogP contribution in [-0.2, 0) is 0 Å². The molecule has 0 unspecified atom stereocenters. The highest BCUT2D eigenvalue weighted by Crippen LogP contribution is 2.23. The van der Waals surface area contributed by atoms with E-state index in [9.17, 15) is 9.18 Å². The summed E-state index contributed by atoms with van der Waals surface area (Å²) in [6.07, 6.45) is 0. The maximum atomic E-state index is 13.9. The molecule has 0 N–H and O–H groups in total. The summed E-state index contributed by atoms with van der Waals surface area (Å²) in [5, 5.41) is 0. The normalized spacial score (nSPS) is 14.6. The molecule has 24 heavy (non-hydrogen) atoms. The van der Waals surface area contributed by atoms with Gasteiger partial charge in [0.25, 0.3) is 5.91 Å². The van der Waals surface area contributed by atoms with Gasteiger partial charge in [0.05, 0.1) is 12.8 Å². The fraction of sp³-hybridized carbons (Fsp3) is 0.316. The van der Waals surface area contributed by atoms with Crippen LogP contribution in [0.3, 0.4) is 0 Å². The average molecular weight is 328 g/mol. The summed E-state index contributed by atoms with van der Waals surface area (Å²) in [7, 11) is 1.60. The van der Waals surface area contributed by atoms with Gasteiger partial charge in [0.2, 0.25) is 0 Å². The summed E-state index contributed by atoms with van der Waals surface area (Å²) >= 11 is 0. The fourth-order valence-electron chi connectivity index (χ4n) is 2.99. The smallest absolute Gasteiger partial charge is 0.254 e. The van der Waals surface area contributed by atoms with Crippen molar-refractivity contribution in [1.82, 2.24) is 4.90 Å². The predicted octanol–water partition coefficient (Wildman–Crippen LogP) is 3.11. The van der Waals surface area contributed by atoms with Crippen molar-refractivity contribution in [2.24, 2.45) is 0 Å². The van der Waals surface area contributed by atoms with Crippen molar-refractivity contribution in [3.05, 3.63) is 59.4 Å². The first-order valence-corrected chi connectivity index (χ1v) is 8.03. The Labute approximate surface area is 141 Å². The van der Waals surface area contributed by atoms with Gasteiger partial charge in [-0.3, -0.25) is 4.79 Å². The molecule has 0 bridgehead atoms. The lowest BCUT2D eigenvalue weighted by Crippen LogP contribution is -2.49. The first-order chi connectivity index (χ1) is 11.6. The highest BCUT2D eigenvalue weighted by molar-refractivity contribution is 5.95. The summed E-state index contributed by atoms with van der Waals surface area (Å²) in [6, 6.07) is 12.2. The lowest BCUT2D eigenvalue weighted by atomic mass is 10.1. The van der Waals surface area contributed by atoms with Crippen molar-refractivity contribution < 1.29 is 13.9 Å². The molecule has 0 aromatic heterocycles. The molecule has 2 aromatic carbocycles. The molecule has 0 radical (unpaired) electrons. The van der Waals surface area contributed by atoms with E-state index in [1.807, 2.05) is 30.0 Å². The minimum absolute atomic E-state index is 0.0125. The molecule has 0 aliphatic carbocycles. The highest BCUT2D eigenvalue weighted by Gasteiger charge is 2.23. The standard InChI is InChI=1S/C19H21FN2O2/c1-14-7-8-15(13-18(14)24-2)19(23)22-11-9-21(10-12-22)17-6-4-3-5-16(17)20/h3-8,13H,9-12H2,1-2H3. The van der Waals surface area contributed by atoms with Crippen LogP contribution in [0, 0.1) is 12.7 Å². The number of nitrogens with zero attached hydrogens (tertiary/aromatic N) is 2. The van der Waals surface area contributed by atoms with E-state index in [2.05, 4.69) is 0 Å². The van der Waals surface area contributed by atoms with Crippen LogP contribution in [0.25, 0.3) is 0 Å². The molecule has 1 aliphatic rings. The molecule has 4 nitrogen and oxygen atoms in total. The summed E-state index contributed by atoms with van der Waals surface area (Å²) in [6.45, 7) is 4.33. The van der Waals surface area contributed by atoms with Crippen molar-refractivity contribution in [3.63, 3.8) is 0 Å². The number of carbonyl (C=O) groups excluding carboxylic acids is 1. The number of anilines is 1. The predicted molar refractivity (Wildman–Crippen MR) is 92.2 cm³/mol. The van der Waals surface area contributed by atoms with Gasteiger partial charge in [-0.25, -0.2) is 4.39 Å². The summed E-state index contributed by atoms with van der Waals surface area (Å²) in [5.74, 6) is 0.480. The topological polar surface area (TPSA) is 32.8 Å². The fourth-order valence-corrected chi connectivity index (χ4v) is 2.99. The summed E-state index contributed by atoms with van der Waals surface area (Å²) < 4.78 is 19.2. The van der Waals surface area contributed by atoms with E-state index in [1.54, 1.807) is 30.2 Å². The van der Waals surface area contributed by atoms with Gasteiger partial charge >= 0.3 is 0 Å². The lowest BCUT2D eigenvalue weighted by Gasteiger charge is -2.36. The van der Waals surface area contributed by atoms with Gasteiger partial charge in [0.1, 0.15) is 11.6 Å². The van der Waals surface area contributed by atoms with Crippen molar-refractivity contribution in [1.29, 1.82) is 0 Å². The molecule has 2 aromatic rings. The number of ether oxygens (including phenoxy) is 1. The number of rotatable bonds is 3. The second-order valence-electron chi connectivity index (χ2n) is 5.92. The lowest BCUT2D eigenvalue weighted by molar-refractivity contribution is 0.0746. The van der Waals surface area contributed by atoms with Gasteiger partial charge in [-0.2, -0.15) is 0 Å². The van der Waals surface area contributed by atoms with Gasteiger partial charge in [-0.15, -0.1) is 0 Å². The number of methoxy groups -OCH3 is 1. The van der Waals surface area contributed by atoms with Crippen LogP contribution in [0.1, 0.15) is 15.9 Å². The average Bonchev–Trinajstić information content (AvgIpc) is 2.62. The van der Waals surface area contributed by atoms with E-state index in [1.165, 1.54) is 6.07 Å². The van der Waals surface area contributed by atoms with E-state index >= 15 is 0 Å². The maximum Gasteiger partial charge on any atom is 0.254 e. The number of hydrogen-bond donors (Lipinski definition) is 0. The molecule has 1 amide bonds. The van der Waals surface area contributed by atoms with Crippen molar-refractivity contribution in [2.75, 3.05) is 38.2 Å². The summed E-state index contributed by atoms with van der Waals surface area (Å²) in [4.78, 5) is 16.5. The Hall–Kier alpha value is -2.56. The van der Waals surface area contributed by atoms with E-state index in [-0.39, 0.29) is 11.7 Å². The van der Waals surface area contributed by atoms with E-state index in [0.717, 1.165) is 5.56 Å². The Bertz CT molecular complexity index is 740. The third-order valence-corrected chi connectivity index (χ3v) is 4.42. The first-order valence-electron chi connectivity index (χ1n) is 8.03. The molecule has 3 rings (SSSR count). The van der Waals surface area contributed by atoms with E-state index in [0.29, 0.717) is 43.2 Å². The monoisotopic (exact) mass is 328 g/mol. The largest absolute Gasteiger partial charge is 0.496 e. The third-order valence-electron chi connectivity index (χ3n) is 4.42. The number of amides is 1. The second kappa shape index (κ2) is 6.91. The van der Waals surface area contributed by atoms with E-state index < -0.39 is 0 Å². The number of piperazine rings is 1. The molecule has 1 aliphatic heterocycles. The van der Waals surface area contributed by atoms with E-state index in [4.69, 9.17) is 4.74 Å². The van der Waals surface area contributed by atoms with Gasteiger partial charge < -0.3 is 14.5 Å². The van der Waals surface area contributed by atoms with Gasteiger partial charge in [-0.05, 0) is 36.8 Å². The maximum absolute atomic E-state index is 13.9. The zero-order valence-electron chi connectivity index (χ0n) is 14.0. The molecule has 1 fully saturated rings. The highest BCUT2D eigenvalue weighted by atomic mass is 19.1. The Morgan fingerprint density at radius 3 is 2.46 bits per heavy atom. The molecular weight excluding hydrogens is 307 g/mol. The molecular formula is C19H21FN2O2. The van der Waals surface area contributed by atoms with Crippen LogP contribution in [-0.4, -0.2) is 44.1 Å². The number of benzene rings is 2. The number of hydrogen-bond acceptors (Lipinski definition) is 3. The Kier molecular flexibility index (Phi) is 4.69. The van der Waals surface area contributed by atoms with Crippen molar-refractivity contribution >= 4 is 11.6 Å². The van der Waals surface area contributed by atoms with Crippen LogP contribution in [0.2, 0.25) is 0 Å². The van der Waals surface area contributed by atoms with Crippen LogP contribution < -0.4 is 9.64 Å². The molecule has 0 atom stereocenters. The molecule has 0 saturated carbocycles. The van der Waals surface area contributed by atoms with Crippen molar-refractivity contribution in [3.8, 4) is 5.75 Å². The molecule has 1 heterocycles. The van der Waals surface area contributed by atoms with Gasteiger partial charge in [0.15, 0.2) is 0 Å². The Balaban J connectivity index is 1.68. The minimum atomic E-state index is -0.222. The van der Waals surface area contributed by atoms with Crippen LogP contribution in [0.4, 0.5) is 10.1 Å². The molecule has 1 saturated heterocycles. The molecule has 5 heteroatoms. The first kappa shape index (κ1) is 16.3. The van der Waals surface area contributed by atoms with Crippen molar-refractivity contribution in [2.45, 2.75) is 6.92 Å². The second-order valence-corrected chi connectivity index (χ2v) is 5.92. The van der Waals surface area contributed by atoms with Crippen LogP contribution in [0.5, 0.6) is 5.75 Å². The SMILES string of the molecule is COc1cc(C(=O)N2CCN(c3ccccc3F)CC2)ccc1C. The Morgan fingerprint density at radius 2 is 1.79 bits per heavy atom. The zero-order valence-corrected chi connectivity index (χ0v) is 14.0. The number of para-hydroxylation sites is 1. The zero-order chi connectivity index (χ0) is 17.1. The molecule has 0 spiro atoms. The number of halogens is 1. The minimum Gasteiger partial charge on any atom is -0.496 e. The number of carbonyl (C=O) groups is 1. The summed E-state index contributed by atoms with van der Waals surface area (Å²) in [5.41, 5.74) is 2.22. The van der Waals surface area contributed by atoms with Gasteiger partial charge in [0, 0.05) is 31.7 Å². The molecule has 126 valence electrons.